The summed E-state index contributed by atoms with van der Waals surface area (Å²) in [6.45, 7) is 5.31. The Morgan fingerprint density at radius 2 is 1.59 bits per heavy atom. The molecule has 3 N–H and O–H groups in total. The van der Waals surface area contributed by atoms with E-state index in [0.29, 0.717) is 11.3 Å². The molecule has 0 saturated carbocycles. The molecule has 0 saturated heterocycles. The summed E-state index contributed by atoms with van der Waals surface area (Å²) in [6.07, 6.45) is -0.647. The van der Waals surface area contributed by atoms with Crippen molar-refractivity contribution in [3.8, 4) is 0 Å². The summed E-state index contributed by atoms with van der Waals surface area (Å²) in [5.74, 6) is -0.550. The molecule has 0 unspecified atom stereocenters. The first-order valence-corrected chi connectivity index (χ1v) is 10.3. The molecule has 32 heavy (non-hydrogen) atoms. The highest BCUT2D eigenvalue weighted by atomic mass is 16.6. The van der Waals surface area contributed by atoms with E-state index in [4.69, 9.17) is 4.74 Å². The maximum absolute atomic E-state index is 12.8. The Balaban J connectivity index is 1.56. The van der Waals surface area contributed by atoms with E-state index < -0.39 is 11.7 Å². The van der Waals surface area contributed by atoms with Crippen molar-refractivity contribution in [3.63, 3.8) is 0 Å². The number of alkyl carbamates (subject to hydrolysis) is 1. The Kier molecular flexibility index (Phi) is 7.10. The molecule has 7 nitrogen and oxygen atoms in total. The molecule has 3 rings (SSSR count). The smallest absolute Gasteiger partial charge is 0.408 e. The lowest BCUT2D eigenvalue weighted by Crippen LogP contribution is -2.39. The maximum Gasteiger partial charge on any atom is 0.408 e. The number of ether oxygens (including phenoxy) is 1. The molecule has 3 aromatic rings. The van der Waals surface area contributed by atoms with Gasteiger partial charge in [-0.3, -0.25) is 9.59 Å². The Labute approximate surface area is 187 Å². The number of amides is 3. The number of hydrogen-bond acceptors (Lipinski definition) is 4. The molecule has 3 aromatic carbocycles. The summed E-state index contributed by atoms with van der Waals surface area (Å²) < 4.78 is 5.10. The van der Waals surface area contributed by atoms with Gasteiger partial charge in [-0.25, -0.2) is 4.79 Å². The van der Waals surface area contributed by atoms with Crippen LogP contribution in [-0.4, -0.2) is 30.1 Å². The Hall–Kier alpha value is -3.87. The molecule has 0 heterocycles. The van der Waals surface area contributed by atoms with Crippen LogP contribution in [0.3, 0.4) is 0 Å². The van der Waals surface area contributed by atoms with Crippen molar-refractivity contribution in [1.29, 1.82) is 0 Å². The van der Waals surface area contributed by atoms with Crippen LogP contribution < -0.4 is 16.0 Å². The van der Waals surface area contributed by atoms with Gasteiger partial charge in [0.25, 0.3) is 5.91 Å². The van der Waals surface area contributed by atoms with Gasteiger partial charge in [0, 0.05) is 17.8 Å². The van der Waals surface area contributed by atoms with Crippen molar-refractivity contribution in [2.75, 3.05) is 11.9 Å². The third-order valence-corrected chi connectivity index (χ3v) is 4.50. The number of anilines is 1. The fourth-order valence-electron chi connectivity index (χ4n) is 3.11. The molecule has 7 heteroatoms. The fraction of sp³-hybridized carbons (Fsp3) is 0.240. The number of nitrogens with one attached hydrogen (secondary N) is 3. The summed E-state index contributed by atoms with van der Waals surface area (Å²) in [7, 11) is 0. The summed E-state index contributed by atoms with van der Waals surface area (Å²) >= 11 is 0. The second kappa shape index (κ2) is 9.96. The predicted molar refractivity (Wildman–Crippen MR) is 124 cm³/mol. The van der Waals surface area contributed by atoms with E-state index in [1.807, 2.05) is 42.5 Å². The quantitative estimate of drug-likeness (QED) is 0.542. The Morgan fingerprint density at radius 3 is 2.38 bits per heavy atom. The topological polar surface area (TPSA) is 96.5 Å². The van der Waals surface area contributed by atoms with Crippen molar-refractivity contribution in [3.05, 3.63) is 77.9 Å². The number of carbonyl (C=O) groups is 3. The third kappa shape index (κ3) is 6.57. The lowest BCUT2D eigenvalue weighted by atomic mass is 10.0. The van der Waals surface area contributed by atoms with Gasteiger partial charge in [-0.1, -0.05) is 48.5 Å². The van der Waals surface area contributed by atoms with E-state index in [1.165, 1.54) is 0 Å². The summed E-state index contributed by atoms with van der Waals surface area (Å²) in [5, 5.41) is 9.94. The van der Waals surface area contributed by atoms with E-state index in [2.05, 4.69) is 16.0 Å². The second-order valence-corrected chi connectivity index (χ2v) is 8.31. The van der Waals surface area contributed by atoms with Gasteiger partial charge in [-0.15, -0.1) is 0 Å². The van der Waals surface area contributed by atoms with Crippen molar-refractivity contribution >= 4 is 34.4 Å². The lowest BCUT2D eigenvalue weighted by Gasteiger charge is -2.19. The highest BCUT2D eigenvalue weighted by molar-refractivity contribution is 6.12. The normalized spacial score (nSPS) is 11.0. The Morgan fingerprint density at radius 1 is 0.875 bits per heavy atom. The number of hydrogen-bond donors (Lipinski definition) is 3. The minimum Gasteiger partial charge on any atom is -0.444 e. The van der Waals surface area contributed by atoms with Crippen LogP contribution in [-0.2, 0) is 16.1 Å². The molecule has 0 aliphatic heterocycles. The molecule has 0 bridgehead atoms. The molecular weight excluding hydrogens is 406 g/mol. The van der Waals surface area contributed by atoms with Gasteiger partial charge < -0.3 is 20.7 Å². The van der Waals surface area contributed by atoms with E-state index in [0.717, 1.165) is 16.3 Å². The van der Waals surface area contributed by atoms with Gasteiger partial charge in [0.2, 0.25) is 5.91 Å². The zero-order chi connectivity index (χ0) is 23.1. The average molecular weight is 434 g/mol. The minimum absolute atomic E-state index is 0.188. The van der Waals surface area contributed by atoms with Gasteiger partial charge in [0.05, 0.1) is 0 Å². The van der Waals surface area contributed by atoms with Gasteiger partial charge in [0.1, 0.15) is 12.1 Å². The number of rotatable bonds is 6. The first-order chi connectivity index (χ1) is 15.2. The van der Waals surface area contributed by atoms with E-state index >= 15 is 0 Å². The molecule has 0 radical (unpaired) electrons. The van der Waals surface area contributed by atoms with Crippen molar-refractivity contribution in [2.24, 2.45) is 0 Å². The number of fused-ring (bicyclic) bond motifs is 1. The summed E-state index contributed by atoms with van der Waals surface area (Å²) in [4.78, 5) is 36.5. The monoisotopic (exact) mass is 433 g/mol. The third-order valence-electron chi connectivity index (χ3n) is 4.50. The second-order valence-electron chi connectivity index (χ2n) is 8.31. The van der Waals surface area contributed by atoms with Crippen LogP contribution in [0.25, 0.3) is 10.8 Å². The number of carbonyl (C=O) groups excluding carboxylic acids is 3. The standard InChI is InChI=1S/C25H27N3O4/c1-25(2,3)32-24(31)27-16-22(29)26-15-17-8-6-11-19(14-17)28-23(30)21-13-7-10-18-9-4-5-12-20(18)21/h4-14H,15-16H2,1-3H3,(H,26,29)(H,27,31)(H,28,30). The first kappa shape index (κ1) is 22.8. The van der Waals surface area contributed by atoms with Crippen molar-refractivity contribution in [2.45, 2.75) is 32.9 Å². The van der Waals surface area contributed by atoms with E-state index in [-0.39, 0.29) is 24.9 Å². The highest BCUT2D eigenvalue weighted by Gasteiger charge is 2.16. The fourth-order valence-corrected chi connectivity index (χ4v) is 3.11. The van der Waals surface area contributed by atoms with Gasteiger partial charge in [0.15, 0.2) is 0 Å². The van der Waals surface area contributed by atoms with Crippen LogP contribution in [0.15, 0.2) is 66.7 Å². The van der Waals surface area contributed by atoms with Crippen LogP contribution in [0.4, 0.5) is 10.5 Å². The summed E-state index contributed by atoms with van der Waals surface area (Å²) in [5.41, 5.74) is 1.40. The molecule has 3 amide bonds. The lowest BCUT2D eigenvalue weighted by molar-refractivity contribution is -0.120. The van der Waals surface area contributed by atoms with Crippen LogP contribution >= 0.6 is 0 Å². The average Bonchev–Trinajstić information content (AvgIpc) is 2.75. The molecule has 0 aromatic heterocycles. The zero-order valence-corrected chi connectivity index (χ0v) is 18.4. The Bertz CT molecular complexity index is 1130. The first-order valence-electron chi connectivity index (χ1n) is 10.3. The minimum atomic E-state index is -0.647. The van der Waals surface area contributed by atoms with Gasteiger partial charge in [-0.05, 0) is 55.3 Å². The SMILES string of the molecule is CC(C)(C)OC(=O)NCC(=O)NCc1cccc(NC(=O)c2cccc3ccccc23)c1. The molecular formula is C25H27N3O4. The molecule has 0 aliphatic carbocycles. The molecule has 0 aliphatic rings. The largest absolute Gasteiger partial charge is 0.444 e. The molecule has 166 valence electrons. The van der Waals surface area contributed by atoms with Crippen molar-refractivity contribution < 1.29 is 19.1 Å². The van der Waals surface area contributed by atoms with Crippen LogP contribution in [0.5, 0.6) is 0 Å². The van der Waals surface area contributed by atoms with Crippen LogP contribution in [0.2, 0.25) is 0 Å². The molecule has 0 spiro atoms. The number of benzene rings is 3. The molecule has 0 fully saturated rings. The summed E-state index contributed by atoms with van der Waals surface area (Å²) in [6, 6.07) is 20.6. The zero-order valence-electron chi connectivity index (χ0n) is 18.4. The molecule has 0 atom stereocenters. The van der Waals surface area contributed by atoms with E-state index in [1.54, 1.807) is 45.0 Å². The van der Waals surface area contributed by atoms with Gasteiger partial charge >= 0.3 is 6.09 Å². The van der Waals surface area contributed by atoms with Crippen LogP contribution in [0.1, 0.15) is 36.7 Å². The maximum atomic E-state index is 12.8. The highest BCUT2D eigenvalue weighted by Crippen LogP contribution is 2.20. The van der Waals surface area contributed by atoms with Crippen LogP contribution in [0, 0.1) is 0 Å². The van der Waals surface area contributed by atoms with E-state index in [9.17, 15) is 14.4 Å². The van der Waals surface area contributed by atoms with Crippen molar-refractivity contribution in [1.82, 2.24) is 10.6 Å². The predicted octanol–water partition coefficient (Wildman–Crippen LogP) is 4.23. The van der Waals surface area contributed by atoms with Gasteiger partial charge in [-0.2, -0.15) is 0 Å².